The van der Waals surface area contributed by atoms with E-state index >= 15 is 0 Å². The summed E-state index contributed by atoms with van der Waals surface area (Å²) in [4.78, 5) is 4.82. The van der Waals surface area contributed by atoms with Gasteiger partial charge in [-0.3, -0.25) is 0 Å². The molecule has 0 fully saturated rings. The van der Waals surface area contributed by atoms with Crippen LogP contribution in [0, 0.1) is 21.9 Å². The van der Waals surface area contributed by atoms with Gasteiger partial charge in [0.1, 0.15) is 0 Å². The fourth-order valence-corrected chi connectivity index (χ4v) is 7.92. The molecule has 6 heteroatoms. The zero-order valence-corrected chi connectivity index (χ0v) is 31.1. The second kappa shape index (κ2) is 12.7. The minimum atomic E-state index is -0.00471. The number of pyridine rings is 1. The van der Waals surface area contributed by atoms with Crippen LogP contribution in [0.4, 0.5) is 0 Å². The first-order valence-corrected chi connectivity index (χ1v) is 18.2. The molecule has 5 nitrogen and oxygen atoms in total. The molecule has 0 amide bonds. The standard InChI is InChI=1S/C44H38N4O.Pt/c1-30(2)24-31-12-10-13-33(25-31)46-29-47(41-19-9-8-18-40(41)46)34-14-11-15-35(27-34)49-36-20-21-38-37-16-6-7-17-39(37)48(42(38)28-36)43-26-32(22-23-45-43)44(3,4)5;/h6-23,25-26,30H,24H2,1-5H3;/q-2;. The maximum absolute atomic E-state index is 6.54. The number of imidazole rings is 1. The summed E-state index contributed by atoms with van der Waals surface area (Å²) in [5.74, 6) is 2.69. The number of nitrogens with zero attached hydrogens (tertiary/aromatic N) is 4. The van der Waals surface area contributed by atoms with Gasteiger partial charge in [-0.15, -0.1) is 0 Å². The first-order valence-electron chi connectivity index (χ1n) is 17.1. The molecule has 0 atom stereocenters. The van der Waals surface area contributed by atoms with Crippen LogP contribution >= 0.6 is 0 Å². The van der Waals surface area contributed by atoms with Gasteiger partial charge in [0.2, 0.25) is 0 Å². The van der Waals surface area contributed by atoms with Gasteiger partial charge in [0.05, 0.1) is 0 Å². The molecule has 8 aromatic rings. The molecule has 5 aromatic carbocycles. The Morgan fingerprint density at radius 1 is 0.700 bits per heavy atom. The Bertz CT molecular complexity index is 2600. The van der Waals surface area contributed by atoms with Crippen LogP contribution in [0.15, 0.2) is 121 Å². The Hall–Kier alpha value is -4.99. The van der Waals surface area contributed by atoms with Crippen LogP contribution in [0.2, 0.25) is 0 Å². The monoisotopic (exact) mass is 833 g/mol. The number of hydrogen-bond acceptors (Lipinski definition) is 2. The second-order valence-corrected chi connectivity index (χ2v) is 15.3. The van der Waals surface area contributed by atoms with Gasteiger partial charge in [0.15, 0.2) is 0 Å². The van der Waals surface area contributed by atoms with Crippen molar-refractivity contribution in [2.24, 2.45) is 5.92 Å². The molecular weight excluding hydrogens is 796 g/mol. The van der Waals surface area contributed by atoms with E-state index in [0.29, 0.717) is 17.4 Å². The van der Waals surface area contributed by atoms with E-state index in [4.69, 9.17) is 9.72 Å². The number of para-hydroxylation sites is 3. The predicted octanol–water partition coefficient (Wildman–Crippen LogP) is 10.9. The van der Waals surface area contributed by atoms with Crippen molar-refractivity contribution in [2.75, 3.05) is 0 Å². The van der Waals surface area contributed by atoms with E-state index in [9.17, 15) is 0 Å². The van der Waals surface area contributed by atoms with Crippen LogP contribution in [0.25, 0.3) is 50.0 Å². The average Bonchev–Trinajstić information content (AvgIpc) is 3.59. The first-order chi connectivity index (χ1) is 24.2. The molecule has 0 aliphatic heterocycles. The summed E-state index contributed by atoms with van der Waals surface area (Å²) in [6.07, 6.45) is 2.94. The molecular formula is C44H38N4OPt-2. The van der Waals surface area contributed by atoms with Gasteiger partial charge in [-0.2, -0.15) is 0 Å². The molecule has 3 heterocycles. The molecule has 3 aromatic heterocycles. The topological polar surface area (TPSA) is 36.9 Å². The van der Waals surface area contributed by atoms with Gasteiger partial charge in [0.25, 0.3) is 0 Å². The van der Waals surface area contributed by atoms with Gasteiger partial charge in [0, 0.05) is 6.20 Å². The molecule has 8 rings (SSSR count). The van der Waals surface area contributed by atoms with E-state index < -0.39 is 0 Å². The van der Waals surface area contributed by atoms with Crippen molar-refractivity contribution in [3.63, 3.8) is 0 Å². The summed E-state index contributed by atoms with van der Waals surface area (Å²) in [5.41, 5.74) is 8.85. The van der Waals surface area contributed by atoms with Crippen molar-refractivity contribution in [3.05, 3.63) is 149 Å². The Balaban J connectivity index is 1.21. The van der Waals surface area contributed by atoms with Crippen LogP contribution in [-0.4, -0.2) is 18.7 Å². The van der Waals surface area contributed by atoms with Gasteiger partial charge in [-0.1, -0.05) is 32.9 Å². The summed E-state index contributed by atoms with van der Waals surface area (Å²) in [6.45, 7) is 11.2. The summed E-state index contributed by atoms with van der Waals surface area (Å²) in [5, 5.41) is 2.25. The molecule has 0 unspecified atom stereocenters. The number of fused-ring (bicyclic) bond motifs is 4. The van der Waals surface area contributed by atoms with E-state index in [-0.39, 0.29) is 5.41 Å². The van der Waals surface area contributed by atoms with Gasteiger partial charge >= 0.3 is 249 Å². The zero-order chi connectivity index (χ0) is 34.6. The predicted molar refractivity (Wildman–Crippen MR) is 199 cm³/mol. The number of ether oxygens (including phenoxy) is 1. The fourth-order valence-electron chi connectivity index (χ4n) is 6.80. The number of benzene rings is 5. The minimum absolute atomic E-state index is 0.00471. The van der Waals surface area contributed by atoms with E-state index in [0.717, 1.165) is 60.3 Å². The molecule has 0 spiro atoms. The van der Waals surface area contributed by atoms with Crippen LogP contribution < -0.4 is 4.74 Å². The van der Waals surface area contributed by atoms with Crippen molar-refractivity contribution in [3.8, 4) is 28.7 Å². The van der Waals surface area contributed by atoms with Crippen molar-refractivity contribution in [1.29, 1.82) is 0 Å². The van der Waals surface area contributed by atoms with Gasteiger partial charge in [-0.05, 0) is 17.0 Å². The number of hydrogen-bond donors (Lipinski definition) is 0. The Labute approximate surface area is 303 Å². The van der Waals surface area contributed by atoms with Crippen molar-refractivity contribution in [1.82, 2.24) is 18.7 Å². The third-order valence-corrected chi connectivity index (χ3v) is 10.1. The van der Waals surface area contributed by atoms with Crippen LogP contribution in [0.3, 0.4) is 0 Å². The second-order valence-electron chi connectivity index (χ2n) is 14.3. The molecule has 0 aliphatic rings. The van der Waals surface area contributed by atoms with Gasteiger partial charge in [-0.25, -0.2) is 0 Å². The van der Waals surface area contributed by atoms with Crippen molar-refractivity contribution < 1.29 is 24.1 Å². The zero-order valence-electron chi connectivity index (χ0n) is 28.8. The van der Waals surface area contributed by atoms with Crippen molar-refractivity contribution in [2.45, 2.75) is 46.5 Å². The number of rotatable bonds is 7. The van der Waals surface area contributed by atoms with Crippen LogP contribution in [0.1, 0.15) is 45.7 Å². The van der Waals surface area contributed by atoms with Crippen LogP contribution in [-0.2, 0) is 31.2 Å². The van der Waals surface area contributed by atoms with E-state index in [1.807, 2.05) is 24.4 Å². The van der Waals surface area contributed by atoms with Crippen LogP contribution in [0.5, 0.6) is 11.5 Å². The molecule has 0 N–H and O–H groups in total. The maximum atomic E-state index is 6.54. The summed E-state index contributed by atoms with van der Waals surface area (Å²) in [6, 6.07) is 47.5. The quantitative estimate of drug-likeness (QED) is 0.150. The molecule has 0 radical (unpaired) electrons. The first kappa shape index (κ1) is 32.2. The molecule has 0 aliphatic carbocycles. The molecule has 0 bridgehead atoms. The van der Waals surface area contributed by atoms with E-state index in [2.05, 4.69) is 177 Å². The van der Waals surface area contributed by atoms with Crippen molar-refractivity contribution >= 4 is 32.8 Å². The molecule has 0 saturated carbocycles. The molecule has 252 valence electrons. The van der Waals surface area contributed by atoms with E-state index in [1.54, 1.807) is 0 Å². The summed E-state index contributed by atoms with van der Waals surface area (Å²) < 4.78 is 14.4. The summed E-state index contributed by atoms with van der Waals surface area (Å²) in [7, 11) is 0. The Kier molecular flexibility index (Phi) is 8.20. The number of aromatic nitrogens is 4. The molecule has 0 saturated heterocycles. The average molecular weight is 834 g/mol. The Morgan fingerprint density at radius 3 is 2.20 bits per heavy atom. The van der Waals surface area contributed by atoms with Gasteiger partial charge < -0.3 is 0 Å². The normalized spacial score (nSPS) is 12.1. The Morgan fingerprint density at radius 2 is 1.42 bits per heavy atom. The fraction of sp³-hybridized carbons (Fsp3) is 0.182. The SMILES string of the molecule is CC(C)Cc1cccc(-n2[c](=[Pt])n(-c3[c-]c(Oc4[c-]c5c(cc4)c4ccccc4n5-c4cc(C(C)(C)C)ccn4)ccc3)c3ccccc32)c1. The molecule has 50 heavy (non-hydrogen) atoms. The van der Waals surface area contributed by atoms with E-state index in [1.165, 1.54) is 11.1 Å². The third kappa shape index (κ3) is 5.84. The third-order valence-electron chi connectivity index (χ3n) is 9.13. The summed E-state index contributed by atoms with van der Waals surface area (Å²) >= 11 is 2.43.